The van der Waals surface area contributed by atoms with E-state index in [4.69, 9.17) is 58.1 Å². The molecule has 23 heteroatoms. The first-order chi connectivity index (χ1) is 20.5. The molecule has 2 fully saturated rings. The summed E-state index contributed by atoms with van der Waals surface area (Å²) in [7, 11) is 0. The fourth-order valence-corrected chi connectivity index (χ4v) is 7.59. The maximum Gasteiger partial charge on any atom is 0.411 e. The zero-order valence-corrected chi connectivity index (χ0v) is 26.1. The van der Waals surface area contributed by atoms with Gasteiger partial charge in [-0.2, -0.15) is 9.51 Å². The minimum absolute atomic E-state index is 0.0216. The second-order valence-electron chi connectivity index (χ2n) is 9.58. The smallest absolute Gasteiger partial charge is 0.394 e. The van der Waals surface area contributed by atoms with Gasteiger partial charge >= 0.3 is 12.8 Å². The SMILES string of the molecule is Nc1nc2c(ncn2[C@@H]2O[C@H](CO)C[C@H]2OP(O)(=S)OCC2O[C@@H](n3cnc4c(N)ncnc43)C[C@@H]2O[P+](=S)S)c(=O)[nH]1. The number of hydrogen-bond donors (Lipinski definition) is 6. The molecule has 0 aliphatic carbocycles. The molecule has 8 atom stereocenters. The van der Waals surface area contributed by atoms with Crippen LogP contribution < -0.4 is 17.0 Å². The number of fused-ring (bicyclic) bond motifs is 2. The van der Waals surface area contributed by atoms with Crippen molar-refractivity contribution in [2.45, 2.75) is 49.7 Å². The van der Waals surface area contributed by atoms with Crippen LogP contribution in [0.2, 0.25) is 0 Å². The number of aliphatic hydroxyl groups excluding tert-OH is 1. The topological polar surface area (TPSA) is 246 Å². The number of aliphatic hydroxyl groups is 1. The van der Waals surface area contributed by atoms with Crippen LogP contribution in [0.25, 0.3) is 22.3 Å². The van der Waals surface area contributed by atoms with Crippen LogP contribution in [0, 0.1) is 0 Å². The third-order valence-corrected chi connectivity index (χ3v) is 9.43. The molecule has 230 valence electrons. The van der Waals surface area contributed by atoms with Crippen molar-refractivity contribution < 1.29 is 33.0 Å². The molecule has 2 aliphatic heterocycles. The fourth-order valence-electron chi connectivity index (χ4n) is 5.00. The first-order valence-electron chi connectivity index (χ1n) is 12.6. The van der Waals surface area contributed by atoms with E-state index in [0.717, 1.165) is 0 Å². The molecule has 0 saturated carbocycles. The predicted octanol–water partition coefficient (Wildman–Crippen LogP) is 0.399. The number of ether oxygens (including phenoxy) is 2. The van der Waals surface area contributed by atoms with Crippen LogP contribution >= 0.6 is 25.1 Å². The Balaban J connectivity index is 1.18. The quantitative estimate of drug-likeness (QED) is 0.0973. The normalized spacial score (nSPS) is 27.7. The van der Waals surface area contributed by atoms with Crippen LogP contribution in [-0.4, -0.2) is 86.7 Å². The largest absolute Gasteiger partial charge is 0.411 e. The maximum atomic E-state index is 12.3. The van der Waals surface area contributed by atoms with Crippen LogP contribution in [0.3, 0.4) is 0 Å². The summed E-state index contributed by atoms with van der Waals surface area (Å²) in [4.78, 5) is 46.4. The molecule has 2 aliphatic rings. The van der Waals surface area contributed by atoms with Gasteiger partial charge in [0.15, 0.2) is 28.9 Å². The molecule has 4 aromatic heterocycles. The zero-order chi connectivity index (χ0) is 30.5. The van der Waals surface area contributed by atoms with Crippen LogP contribution in [0.5, 0.6) is 0 Å². The maximum absolute atomic E-state index is 12.3. The molecule has 4 aromatic rings. The van der Waals surface area contributed by atoms with Crippen LogP contribution in [0.4, 0.5) is 11.8 Å². The van der Waals surface area contributed by atoms with E-state index in [1.165, 1.54) is 23.5 Å². The van der Waals surface area contributed by atoms with Crippen molar-refractivity contribution in [3.05, 3.63) is 29.3 Å². The van der Waals surface area contributed by atoms with E-state index in [9.17, 15) is 14.8 Å². The van der Waals surface area contributed by atoms with Gasteiger partial charge in [0.1, 0.15) is 48.6 Å². The van der Waals surface area contributed by atoms with Crippen LogP contribution in [-0.2, 0) is 46.7 Å². The van der Waals surface area contributed by atoms with E-state index < -0.39 is 55.3 Å². The van der Waals surface area contributed by atoms with E-state index in [1.807, 2.05) is 0 Å². The Morgan fingerprint density at radius 2 is 1.91 bits per heavy atom. The van der Waals surface area contributed by atoms with E-state index in [1.54, 1.807) is 4.57 Å². The molecule has 0 spiro atoms. The van der Waals surface area contributed by atoms with Gasteiger partial charge in [-0.25, -0.2) is 19.9 Å². The second-order valence-corrected chi connectivity index (χ2v) is 16.0. The van der Waals surface area contributed by atoms with Crippen molar-refractivity contribution in [2.24, 2.45) is 0 Å². The van der Waals surface area contributed by atoms with Gasteiger partial charge in [0.2, 0.25) is 17.8 Å². The number of aromatic nitrogens is 8. The molecule has 2 saturated heterocycles. The standard InChI is InChI=1S/C20H24N10O8P2S3/c21-15-13-16(24-5-23-15)29(6-25-13)12-2-9(37-39(41)42)11(36-12)4-34-40(33,43)38-10-1-8(3-31)35-19(10)30-7-26-14-17(30)27-20(22)28-18(14)32/h5-12,19,31H,1-4H2,(H6-,21,22,23,24,27,28,32,33,41,42,43)/p+1/t8-,9-,10+,11?,12+,19+,40?/m0/s1. The highest BCUT2D eigenvalue weighted by molar-refractivity contribution is 8.54. The first-order valence-corrected chi connectivity index (χ1v) is 18.6. The van der Waals surface area contributed by atoms with Crippen LogP contribution in [0.15, 0.2) is 23.8 Å². The van der Waals surface area contributed by atoms with Crippen molar-refractivity contribution in [3.8, 4) is 0 Å². The number of nitrogens with one attached hydrogen (secondary N) is 1. The number of nitrogens with zero attached hydrogens (tertiary/aromatic N) is 7. The van der Waals surface area contributed by atoms with E-state index in [-0.39, 0.29) is 42.6 Å². The highest BCUT2D eigenvalue weighted by atomic mass is 32.9. The van der Waals surface area contributed by atoms with Gasteiger partial charge in [0, 0.05) is 12.8 Å². The molecule has 7 N–H and O–H groups in total. The molecule has 6 rings (SSSR count). The van der Waals surface area contributed by atoms with Gasteiger partial charge < -0.3 is 40.0 Å². The number of anilines is 2. The summed E-state index contributed by atoms with van der Waals surface area (Å²) >= 11 is 14.7. The molecule has 0 amide bonds. The summed E-state index contributed by atoms with van der Waals surface area (Å²) in [5.74, 6) is 0.101. The average molecular weight is 692 g/mol. The molecule has 0 radical (unpaired) electrons. The summed E-state index contributed by atoms with van der Waals surface area (Å²) in [6, 6.07) is 0. The Bertz CT molecular complexity index is 1790. The number of aromatic amines is 1. The predicted molar refractivity (Wildman–Crippen MR) is 162 cm³/mol. The fraction of sp³-hybridized carbons (Fsp3) is 0.500. The van der Waals surface area contributed by atoms with Gasteiger partial charge in [-0.3, -0.25) is 18.9 Å². The molecule has 6 heterocycles. The van der Waals surface area contributed by atoms with Gasteiger partial charge in [-0.15, -0.1) is 0 Å². The molecular formula is C20H25N10O8P2S3+. The molecule has 18 nitrogen and oxygen atoms in total. The van der Waals surface area contributed by atoms with Crippen LogP contribution in [0.1, 0.15) is 25.3 Å². The number of nitrogen functional groups attached to an aromatic ring is 2. The summed E-state index contributed by atoms with van der Waals surface area (Å²) in [6.45, 7) is -4.49. The molecule has 43 heavy (non-hydrogen) atoms. The Kier molecular flexibility index (Phi) is 8.77. The summed E-state index contributed by atoms with van der Waals surface area (Å²) in [5.41, 5.74) is 12.1. The molecular weight excluding hydrogens is 666 g/mol. The van der Waals surface area contributed by atoms with Crippen molar-refractivity contribution >= 4 is 82.8 Å². The van der Waals surface area contributed by atoms with Crippen molar-refractivity contribution in [1.29, 1.82) is 0 Å². The number of hydrogen-bond acceptors (Lipinski definition) is 16. The van der Waals surface area contributed by atoms with E-state index >= 15 is 0 Å². The average Bonchev–Trinajstić information content (AvgIpc) is 3.72. The van der Waals surface area contributed by atoms with Crippen molar-refractivity contribution in [1.82, 2.24) is 39.0 Å². The number of H-pyrrole nitrogens is 1. The number of rotatable bonds is 10. The van der Waals surface area contributed by atoms with Gasteiger partial charge in [-0.1, -0.05) is 0 Å². The lowest BCUT2D eigenvalue weighted by molar-refractivity contribution is -0.0525. The third-order valence-electron chi connectivity index (χ3n) is 6.85. The first kappa shape index (κ1) is 30.8. The van der Waals surface area contributed by atoms with Crippen molar-refractivity contribution in [3.63, 3.8) is 0 Å². The second kappa shape index (κ2) is 12.3. The number of nitrogens with two attached hydrogens (primary N) is 2. The zero-order valence-electron chi connectivity index (χ0n) is 21.8. The summed E-state index contributed by atoms with van der Waals surface area (Å²) in [5, 5.41) is 9.76. The molecule has 0 bridgehead atoms. The van der Waals surface area contributed by atoms with Gasteiger partial charge in [-0.05, 0) is 11.8 Å². The van der Waals surface area contributed by atoms with E-state index in [2.05, 4.69) is 42.2 Å². The Morgan fingerprint density at radius 1 is 1.14 bits per heavy atom. The van der Waals surface area contributed by atoms with Gasteiger partial charge in [0.05, 0.1) is 32.0 Å². The Hall–Kier alpha value is -2.26. The van der Waals surface area contributed by atoms with Crippen molar-refractivity contribution in [2.75, 3.05) is 24.7 Å². The molecule has 0 aromatic carbocycles. The Labute approximate surface area is 258 Å². The monoisotopic (exact) mass is 691 g/mol. The van der Waals surface area contributed by atoms with Gasteiger partial charge in [0.25, 0.3) is 5.56 Å². The number of imidazole rings is 2. The summed E-state index contributed by atoms with van der Waals surface area (Å²) in [6.07, 6.45) is -1.21. The minimum atomic E-state index is -3.94. The highest BCUT2D eigenvalue weighted by Crippen LogP contribution is 2.50. The lowest BCUT2D eigenvalue weighted by Crippen LogP contribution is -2.28. The third kappa shape index (κ3) is 6.31. The van der Waals surface area contributed by atoms with E-state index in [0.29, 0.717) is 17.6 Å². The molecule has 3 unspecified atom stereocenters. The number of thiol groups is 1. The highest BCUT2D eigenvalue weighted by Gasteiger charge is 2.44. The lowest BCUT2D eigenvalue weighted by atomic mass is 10.2. The minimum Gasteiger partial charge on any atom is -0.394 e. The Morgan fingerprint density at radius 3 is 2.67 bits per heavy atom. The lowest BCUT2D eigenvalue weighted by Gasteiger charge is -2.25. The summed E-state index contributed by atoms with van der Waals surface area (Å²) < 4.78 is 32.7.